The number of carboxylic acids is 1. The normalized spacial score (nSPS) is 28.2. The summed E-state index contributed by atoms with van der Waals surface area (Å²) in [5.41, 5.74) is -1.38. The van der Waals surface area contributed by atoms with Crippen LogP contribution in [-0.2, 0) is 21.6 Å². The number of ketones is 2. The van der Waals surface area contributed by atoms with Gasteiger partial charge in [-0.15, -0.1) is 0 Å². The number of aryl methyl sites for hydroxylation is 1. The van der Waals surface area contributed by atoms with Crippen LogP contribution in [0.4, 0.5) is 4.39 Å². The summed E-state index contributed by atoms with van der Waals surface area (Å²) in [5, 5.41) is 75.7. The van der Waals surface area contributed by atoms with Crippen LogP contribution in [0.1, 0.15) is 58.2 Å². The number of amides is 1. The highest BCUT2D eigenvalue weighted by molar-refractivity contribution is 6.25. The Hall–Kier alpha value is -5.50. The Morgan fingerprint density at radius 3 is 2.26 bits per heavy atom. The lowest BCUT2D eigenvalue weighted by Gasteiger charge is -2.55. The molecule has 2 aromatic carbocycles. The number of nitrogens with two attached hydrogens (primary N) is 1. The smallest absolute Gasteiger partial charge is 0.341 e. The fourth-order valence-electron chi connectivity index (χ4n) is 8.34. The number of benzene rings is 2. The molecule has 1 amide bonds. The number of fused-ring (bicyclic) bond motifs is 3. The van der Waals surface area contributed by atoms with Gasteiger partial charge in [-0.05, 0) is 70.1 Å². The van der Waals surface area contributed by atoms with Gasteiger partial charge in [-0.25, -0.2) is 9.18 Å². The second kappa shape index (κ2) is 13.7. The number of carbonyl (C=O) groups excluding carboxylic acids is 3. The first kappa shape index (κ1) is 41.3. The van der Waals surface area contributed by atoms with Crippen molar-refractivity contribution >= 4 is 34.3 Å². The highest BCUT2D eigenvalue weighted by atomic mass is 19.1. The SMILES string of the molecule is CC1CCc2cc(F)cc3c(=O)c(C(=O)O)cn1c23.CN(C)[C@@H]1C(O)=C(C(N)=O)C(=O)[C@@]2(O)C(O)=C3C(=O)c4c(O)cccc4[C@@](C)(O)[C@H]3[C@H](O)[C@@H]12.O.O. The number of phenolic OH excluding ortho intramolecular Hbond substituents is 1. The number of hydrogen-bond acceptors (Lipinski definition) is 12. The van der Waals surface area contributed by atoms with Gasteiger partial charge in [0, 0.05) is 17.6 Å². The molecule has 0 bridgehead atoms. The van der Waals surface area contributed by atoms with E-state index in [2.05, 4.69) is 0 Å². The molecule has 0 radical (unpaired) electrons. The number of aromatic carboxylic acids is 1. The first-order valence-electron chi connectivity index (χ1n) is 16.2. The summed E-state index contributed by atoms with van der Waals surface area (Å²) in [4.78, 5) is 63.0. The molecular weight excluding hydrogens is 717 g/mol. The number of Topliss-reactive ketones (excluding diaryl/α,β-unsaturated/α-hetero) is 2. The number of carbonyl (C=O) groups is 4. The van der Waals surface area contributed by atoms with Crippen LogP contribution >= 0.6 is 0 Å². The highest BCUT2D eigenvalue weighted by Crippen LogP contribution is 2.56. The summed E-state index contributed by atoms with van der Waals surface area (Å²) >= 11 is 0. The maximum atomic E-state index is 13.6. The molecule has 7 atom stereocenters. The van der Waals surface area contributed by atoms with E-state index < -0.39 is 98.3 Å². The number of pyridine rings is 1. The molecule has 290 valence electrons. The van der Waals surface area contributed by atoms with Crippen molar-refractivity contribution in [2.75, 3.05) is 14.1 Å². The number of aromatic hydroxyl groups is 1. The number of halogens is 1. The third-order valence-corrected chi connectivity index (χ3v) is 10.7. The fourth-order valence-corrected chi connectivity index (χ4v) is 8.34. The van der Waals surface area contributed by atoms with E-state index >= 15 is 0 Å². The van der Waals surface area contributed by atoms with Gasteiger partial charge < -0.3 is 57.0 Å². The van der Waals surface area contributed by atoms with Crippen LogP contribution in [0.25, 0.3) is 10.9 Å². The summed E-state index contributed by atoms with van der Waals surface area (Å²) in [6, 6.07) is 5.18. The minimum atomic E-state index is -3.02. The Labute approximate surface area is 304 Å². The summed E-state index contributed by atoms with van der Waals surface area (Å²) in [5.74, 6) is -11.4. The first-order chi connectivity index (χ1) is 24.2. The van der Waals surface area contributed by atoms with Crippen LogP contribution in [-0.4, -0.2) is 111 Å². The molecule has 18 heteroatoms. The topological polar surface area (TPSA) is 324 Å². The molecule has 3 aromatic rings. The van der Waals surface area contributed by atoms with Crippen molar-refractivity contribution in [1.29, 1.82) is 0 Å². The van der Waals surface area contributed by atoms with Crippen molar-refractivity contribution in [3.05, 3.63) is 97.5 Å². The van der Waals surface area contributed by atoms with Crippen LogP contribution in [0, 0.1) is 17.7 Å². The van der Waals surface area contributed by atoms with Crippen LogP contribution in [0.15, 0.2) is 64.0 Å². The summed E-state index contributed by atoms with van der Waals surface area (Å²) < 4.78 is 15.3. The van der Waals surface area contributed by atoms with Crippen LogP contribution in [0.3, 0.4) is 0 Å². The monoisotopic (exact) mass is 757 g/mol. The molecule has 54 heavy (non-hydrogen) atoms. The van der Waals surface area contributed by atoms with Crippen molar-refractivity contribution in [2.24, 2.45) is 17.6 Å². The van der Waals surface area contributed by atoms with Crippen molar-refractivity contribution in [2.45, 2.75) is 56.1 Å². The predicted octanol–water partition coefficient (Wildman–Crippen LogP) is -0.547. The Morgan fingerprint density at radius 1 is 1.06 bits per heavy atom. The van der Waals surface area contributed by atoms with E-state index in [4.69, 9.17) is 10.8 Å². The van der Waals surface area contributed by atoms with Gasteiger partial charge in [-0.1, -0.05) is 12.1 Å². The van der Waals surface area contributed by atoms with Crippen molar-refractivity contribution in [3.63, 3.8) is 0 Å². The molecule has 13 N–H and O–H groups in total. The molecule has 0 spiro atoms. The number of phenols is 1. The molecule has 4 aliphatic rings. The van der Waals surface area contributed by atoms with Crippen LogP contribution in [0.5, 0.6) is 5.75 Å². The maximum Gasteiger partial charge on any atom is 0.341 e. The number of aromatic nitrogens is 1. The summed E-state index contributed by atoms with van der Waals surface area (Å²) in [6.45, 7) is 3.21. The molecule has 7 rings (SSSR count). The lowest BCUT2D eigenvalue weighted by Crippen LogP contribution is -2.70. The zero-order valence-electron chi connectivity index (χ0n) is 29.3. The lowest BCUT2D eigenvalue weighted by molar-refractivity contribution is -0.173. The van der Waals surface area contributed by atoms with Gasteiger partial charge in [0.15, 0.2) is 11.4 Å². The zero-order chi connectivity index (χ0) is 38.5. The highest BCUT2D eigenvalue weighted by Gasteiger charge is 2.69. The van der Waals surface area contributed by atoms with E-state index in [1.165, 1.54) is 56.4 Å². The van der Waals surface area contributed by atoms with E-state index in [9.17, 15) is 59.0 Å². The molecule has 3 aliphatic carbocycles. The number of hydrogen-bond donors (Lipinski definition) is 8. The standard InChI is InChI=1S/C22H24N2O9.C14H12FNO3.2H2O/c1-21(32)7-5-4-6-8(25)9(7)15(26)10-12(21)17(28)13-14(24(2)3)16(27)11(20(23)31)19(30)22(13,33)18(10)29;1-7-2-3-8-4-9(15)5-10-12(8)16(7)6-11(13(10)17)14(18)19;;/h4-6,12-14,17,25,27-29,32-33H,1-3H3,(H2,23,31);4-7H,2-3H2,1H3,(H,18,19);2*1H2/t12-,13-,14+,17+,21-,22+;;;/m1.../s1. The number of aliphatic hydroxyl groups is 5. The van der Waals surface area contributed by atoms with Gasteiger partial charge in [0.2, 0.25) is 11.2 Å². The van der Waals surface area contributed by atoms with Gasteiger partial charge in [-0.3, -0.25) is 24.1 Å². The van der Waals surface area contributed by atoms with Crippen LogP contribution < -0.4 is 11.2 Å². The number of primary amides is 1. The fraction of sp³-hybridized carbons (Fsp3) is 0.361. The second-order valence-corrected chi connectivity index (χ2v) is 14.0. The minimum absolute atomic E-state index is 0. The van der Waals surface area contributed by atoms with Crippen molar-refractivity contribution in [3.8, 4) is 5.75 Å². The number of aliphatic hydroxyl groups excluding tert-OH is 3. The quantitative estimate of drug-likeness (QED) is 0.156. The third kappa shape index (κ3) is 5.57. The maximum absolute atomic E-state index is 13.6. The van der Waals surface area contributed by atoms with Gasteiger partial charge in [0.1, 0.15) is 34.2 Å². The van der Waals surface area contributed by atoms with Gasteiger partial charge in [-0.2, -0.15) is 0 Å². The number of likely N-dealkylation sites (N-methyl/N-ethyl adjacent to an activating group) is 1. The van der Waals surface area contributed by atoms with Gasteiger partial charge in [0.05, 0.1) is 46.2 Å². The molecule has 2 heterocycles. The largest absolute Gasteiger partial charge is 0.510 e. The average Bonchev–Trinajstić information content (AvgIpc) is 3.05. The molecule has 0 saturated carbocycles. The average molecular weight is 758 g/mol. The van der Waals surface area contributed by atoms with E-state index in [0.29, 0.717) is 11.9 Å². The Morgan fingerprint density at radius 2 is 1.69 bits per heavy atom. The zero-order valence-corrected chi connectivity index (χ0v) is 29.3. The summed E-state index contributed by atoms with van der Waals surface area (Å²) in [6.07, 6.45) is 0.996. The molecule has 1 unspecified atom stereocenters. The Balaban J connectivity index is 0.000000264. The number of carboxylic acid groups (broad SMARTS) is 1. The first-order valence-corrected chi connectivity index (χ1v) is 16.2. The lowest BCUT2D eigenvalue weighted by atomic mass is 9.54. The number of rotatable bonds is 3. The molecule has 1 aliphatic heterocycles. The summed E-state index contributed by atoms with van der Waals surface area (Å²) in [7, 11) is 2.85. The van der Waals surface area contributed by atoms with Gasteiger partial charge >= 0.3 is 5.97 Å². The molecule has 0 fully saturated rings. The molecular formula is C36H40FN3O14. The van der Waals surface area contributed by atoms with Gasteiger partial charge in [0.25, 0.3) is 5.91 Å². The van der Waals surface area contributed by atoms with E-state index in [-0.39, 0.29) is 39.1 Å². The Bertz CT molecular complexity index is 2260. The second-order valence-electron chi connectivity index (χ2n) is 14.0. The van der Waals surface area contributed by atoms with E-state index in [0.717, 1.165) is 18.1 Å². The number of nitrogens with zero attached hydrogens (tertiary/aromatic N) is 2. The minimum Gasteiger partial charge on any atom is -0.510 e. The Kier molecular flexibility index (Phi) is 10.5. The molecule has 1 aromatic heterocycles. The van der Waals surface area contributed by atoms with Crippen LogP contribution in [0.2, 0.25) is 0 Å². The van der Waals surface area contributed by atoms with E-state index in [1.807, 2.05) is 6.92 Å². The van der Waals surface area contributed by atoms with E-state index in [1.54, 1.807) is 4.57 Å². The van der Waals surface area contributed by atoms with Crippen molar-refractivity contribution < 1.29 is 70.3 Å². The van der Waals surface area contributed by atoms with Crippen molar-refractivity contribution in [1.82, 2.24) is 9.47 Å². The molecule has 17 nitrogen and oxygen atoms in total. The molecule has 0 saturated heterocycles. The third-order valence-electron chi connectivity index (χ3n) is 10.7. The predicted molar refractivity (Wildman–Crippen MR) is 186 cm³/mol.